The highest BCUT2D eigenvalue weighted by molar-refractivity contribution is 5.29. The third-order valence-electron chi connectivity index (χ3n) is 4.77. The van der Waals surface area contributed by atoms with Gasteiger partial charge in [-0.05, 0) is 61.0 Å². The molecule has 112 valence electrons. The molecule has 1 aromatic carbocycles. The fourth-order valence-electron chi connectivity index (χ4n) is 3.19. The molecule has 1 saturated carbocycles. The molecule has 0 radical (unpaired) electrons. The molecule has 0 nitrogen and oxygen atoms in total. The highest BCUT2D eigenvalue weighted by atomic mass is 19.2. The summed E-state index contributed by atoms with van der Waals surface area (Å²) in [6.45, 7) is 6.58. The summed E-state index contributed by atoms with van der Waals surface area (Å²) in [6.07, 6.45) is 6.67. The minimum Gasteiger partial charge on any atom is -0.203 e. The van der Waals surface area contributed by atoms with Crippen molar-refractivity contribution in [2.45, 2.75) is 71.6 Å². The van der Waals surface area contributed by atoms with E-state index in [0.717, 1.165) is 38.5 Å². The second-order valence-corrected chi connectivity index (χ2v) is 6.98. The Morgan fingerprint density at radius 3 is 2.35 bits per heavy atom. The lowest BCUT2D eigenvalue weighted by Crippen LogP contribution is -2.21. The lowest BCUT2D eigenvalue weighted by Gasteiger charge is -2.34. The van der Waals surface area contributed by atoms with Crippen LogP contribution in [0.3, 0.4) is 0 Å². The molecule has 0 N–H and O–H groups in total. The predicted molar refractivity (Wildman–Crippen MR) is 80.0 cm³/mol. The summed E-state index contributed by atoms with van der Waals surface area (Å²) in [6, 6.07) is 3.62. The molecule has 0 unspecified atom stereocenters. The second-order valence-electron chi connectivity index (χ2n) is 6.98. The zero-order chi connectivity index (χ0) is 14.8. The van der Waals surface area contributed by atoms with Crippen molar-refractivity contribution >= 4 is 0 Å². The van der Waals surface area contributed by atoms with Crippen molar-refractivity contribution in [2.24, 2.45) is 5.41 Å². The lowest BCUT2D eigenvalue weighted by molar-refractivity contribution is 0.222. The second kappa shape index (κ2) is 6.24. The van der Waals surface area contributed by atoms with E-state index in [1.165, 1.54) is 0 Å². The standard InChI is InChI=1S/C18H26F2/c1-4-5-6-14-7-8-15(17(20)16(14)19)13-9-11-18(2,3)12-10-13/h7-8,13H,4-6,9-12H2,1-3H3. The van der Waals surface area contributed by atoms with Gasteiger partial charge >= 0.3 is 0 Å². The average Bonchev–Trinajstić information content (AvgIpc) is 2.41. The number of hydrogen-bond acceptors (Lipinski definition) is 0. The molecule has 0 amide bonds. The molecule has 0 aromatic heterocycles. The van der Waals surface area contributed by atoms with E-state index >= 15 is 0 Å². The van der Waals surface area contributed by atoms with Gasteiger partial charge in [-0.3, -0.25) is 0 Å². The third-order valence-corrected chi connectivity index (χ3v) is 4.77. The van der Waals surface area contributed by atoms with Crippen LogP contribution in [0.25, 0.3) is 0 Å². The maximum atomic E-state index is 14.3. The van der Waals surface area contributed by atoms with E-state index in [1.54, 1.807) is 6.07 Å². The molecule has 0 spiro atoms. The van der Waals surface area contributed by atoms with Crippen LogP contribution in [0.15, 0.2) is 12.1 Å². The fraction of sp³-hybridized carbons (Fsp3) is 0.667. The molecule has 0 heterocycles. The van der Waals surface area contributed by atoms with Gasteiger partial charge in [-0.25, -0.2) is 8.78 Å². The Kier molecular flexibility index (Phi) is 4.82. The number of hydrogen-bond donors (Lipinski definition) is 0. The Morgan fingerprint density at radius 1 is 1.10 bits per heavy atom. The molecule has 0 atom stereocenters. The Bertz CT molecular complexity index is 453. The average molecular weight is 280 g/mol. The van der Waals surface area contributed by atoms with Crippen LogP contribution in [0.1, 0.15) is 76.3 Å². The smallest absolute Gasteiger partial charge is 0.162 e. The maximum absolute atomic E-state index is 14.3. The zero-order valence-corrected chi connectivity index (χ0v) is 12.9. The van der Waals surface area contributed by atoms with Crippen molar-refractivity contribution in [1.29, 1.82) is 0 Å². The number of benzene rings is 1. The van der Waals surface area contributed by atoms with E-state index in [2.05, 4.69) is 20.8 Å². The number of halogens is 2. The van der Waals surface area contributed by atoms with Crippen molar-refractivity contribution < 1.29 is 8.78 Å². The number of rotatable bonds is 4. The molecule has 1 aliphatic rings. The summed E-state index contributed by atoms with van der Waals surface area (Å²) in [4.78, 5) is 0. The van der Waals surface area contributed by atoms with Gasteiger partial charge in [0.2, 0.25) is 0 Å². The van der Waals surface area contributed by atoms with Gasteiger partial charge in [-0.2, -0.15) is 0 Å². The fourth-order valence-corrected chi connectivity index (χ4v) is 3.19. The summed E-state index contributed by atoms with van der Waals surface area (Å²) in [5.41, 5.74) is 1.48. The largest absolute Gasteiger partial charge is 0.203 e. The molecule has 2 heteroatoms. The Hall–Kier alpha value is -0.920. The van der Waals surface area contributed by atoms with E-state index < -0.39 is 11.6 Å². The van der Waals surface area contributed by atoms with Gasteiger partial charge in [0.15, 0.2) is 11.6 Å². The van der Waals surface area contributed by atoms with Crippen LogP contribution in [-0.4, -0.2) is 0 Å². The van der Waals surface area contributed by atoms with Crippen molar-refractivity contribution in [3.8, 4) is 0 Å². The lowest BCUT2D eigenvalue weighted by atomic mass is 9.71. The van der Waals surface area contributed by atoms with Gasteiger partial charge in [-0.1, -0.05) is 39.3 Å². The van der Waals surface area contributed by atoms with Crippen LogP contribution < -0.4 is 0 Å². The first-order chi connectivity index (χ1) is 9.44. The van der Waals surface area contributed by atoms with Crippen LogP contribution in [-0.2, 0) is 6.42 Å². The van der Waals surface area contributed by atoms with Crippen molar-refractivity contribution in [1.82, 2.24) is 0 Å². The van der Waals surface area contributed by atoms with E-state index in [-0.39, 0.29) is 5.92 Å². The molecular formula is C18H26F2. The summed E-state index contributed by atoms with van der Waals surface area (Å²) < 4.78 is 28.4. The molecule has 1 fully saturated rings. The van der Waals surface area contributed by atoms with Crippen molar-refractivity contribution in [3.63, 3.8) is 0 Å². The van der Waals surface area contributed by atoms with Gasteiger partial charge in [0.25, 0.3) is 0 Å². The predicted octanol–water partition coefficient (Wildman–Crippen LogP) is 5.99. The maximum Gasteiger partial charge on any atom is 0.162 e. The molecular weight excluding hydrogens is 254 g/mol. The van der Waals surface area contributed by atoms with E-state index in [4.69, 9.17) is 0 Å². The molecule has 20 heavy (non-hydrogen) atoms. The minimum absolute atomic E-state index is 0.192. The van der Waals surface area contributed by atoms with Gasteiger partial charge in [-0.15, -0.1) is 0 Å². The quantitative estimate of drug-likeness (QED) is 0.635. The van der Waals surface area contributed by atoms with Gasteiger partial charge < -0.3 is 0 Å². The van der Waals surface area contributed by atoms with Crippen LogP contribution in [0, 0.1) is 17.0 Å². The van der Waals surface area contributed by atoms with Crippen LogP contribution in [0.5, 0.6) is 0 Å². The number of unbranched alkanes of at least 4 members (excludes halogenated alkanes) is 1. The van der Waals surface area contributed by atoms with Crippen molar-refractivity contribution in [2.75, 3.05) is 0 Å². The summed E-state index contributed by atoms with van der Waals surface area (Å²) in [5, 5.41) is 0. The number of aryl methyl sites for hydroxylation is 1. The molecule has 0 saturated heterocycles. The molecule has 0 aliphatic heterocycles. The first-order valence-corrected chi connectivity index (χ1v) is 7.91. The van der Waals surface area contributed by atoms with Gasteiger partial charge in [0, 0.05) is 0 Å². The summed E-state index contributed by atoms with van der Waals surface area (Å²) in [5.74, 6) is -1.01. The summed E-state index contributed by atoms with van der Waals surface area (Å²) in [7, 11) is 0. The Morgan fingerprint density at radius 2 is 1.75 bits per heavy atom. The van der Waals surface area contributed by atoms with Crippen LogP contribution in [0.2, 0.25) is 0 Å². The summed E-state index contributed by atoms with van der Waals surface area (Å²) >= 11 is 0. The highest BCUT2D eigenvalue weighted by Crippen LogP contribution is 2.43. The van der Waals surface area contributed by atoms with E-state index in [1.807, 2.05) is 6.07 Å². The SMILES string of the molecule is CCCCc1ccc(C2CCC(C)(C)CC2)c(F)c1F. The topological polar surface area (TPSA) is 0 Å². The Labute approximate surface area is 121 Å². The van der Waals surface area contributed by atoms with Crippen molar-refractivity contribution in [3.05, 3.63) is 34.9 Å². The Balaban J connectivity index is 2.15. The van der Waals surface area contributed by atoms with E-state index in [9.17, 15) is 8.78 Å². The van der Waals surface area contributed by atoms with E-state index in [0.29, 0.717) is 23.0 Å². The first-order valence-electron chi connectivity index (χ1n) is 7.91. The van der Waals surface area contributed by atoms with Gasteiger partial charge in [0.1, 0.15) is 0 Å². The zero-order valence-electron chi connectivity index (χ0n) is 12.9. The minimum atomic E-state index is -0.610. The molecule has 1 aliphatic carbocycles. The molecule has 1 aromatic rings. The van der Waals surface area contributed by atoms with Gasteiger partial charge in [0.05, 0.1) is 0 Å². The third kappa shape index (κ3) is 3.39. The molecule has 0 bridgehead atoms. The first kappa shape index (κ1) is 15.5. The highest BCUT2D eigenvalue weighted by Gasteiger charge is 2.29. The van der Waals surface area contributed by atoms with Crippen LogP contribution >= 0.6 is 0 Å². The monoisotopic (exact) mass is 280 g/mol. The normalized spacial score (nSPS) is 19.2. The van der Waals surface area contributed by atoms with Crippen LogP contribution in [0.4, 0.5) is 8.78 Å². The molecule has 2 rings (SSSR count).